The molecule has 0 saturated carbocycles. The van der Waals surface area contributed by atoms with E-state index in [1.807, 2.05) is 0 Å². The van der Waals surface area contributed by atoms with Crippen LogP contribution in [-0.4, -0.2) is 13.4 Å². The van der Waals surface area contributed by atoms with Gasteiger partial charge in [0.25, 0.3) is 0 Å². The smallest absolute Gasteiger partial charge is 0.158 e. The second kappa shape index (κ2) is 6.35. The van der Waals surface area contributed by atoms with E-state index in [0.29, 0.717) is 28.4 Å². The summed E-state index contributed by atoms with van der Waals surface area (Å²) in [6.07, 6.45) is 1.57. The number of nitrogens with zero attached hydrogens (tertiary/aromatic N) is 1. The van der Waals surface area contributed by atoms with Crippen LogP contribution < -0.4 is 5.73 Å². The highest BCUT2D eigenvalue weighted by atomic mass is 35.5. The molecule has 2 aromatic rings. The van der Waals surface area contributed by atoms with E-state index >= 15 is 0 Å². The average molecular weight is 311 g/mol. The maximum absolute atomic E-state index is 12.2. The first-order valence-electron chi connectivity index (χ1n) is 6.08. The highest BCUT2D eigenvalue weighted by Crippen LogP contribution is 2.19. The number of nitrogens with two attached hydrogens (primary N) is 1. The van der Waals surface area contributed by atoms with Gasteiger partial charge in [-0.2, -0.15) is 0 Å². The van der Waals surface area contributed by atoms with Crippen LogP contribution in [0.3, 0.4) is 0 Å². The van der Waals surface area contributed by atoms with E-state index < -0.39 is 9.84 Å². The minimum Gasteiger partial charge on any atom is -0.325 e. The summed E-state index contributed by atoms with van der Waals surface area (Å²) in [5, 5.41) is 0.466. The minimum absolute atomic E-state index is 0.0479. The number of aromatic nitrogens is 1. The third kappa shape index (κ3) is 4.03. The normalized spacial score (nSPS) is 11.5. The van der Waals surface area contributed by atoms with Gasteiger partial charge in [0.1, 0.15) is 0 Å². The van der Waals surface area contributed by atoms with Gasteiger partial charge in [-0.1, -0.05) is 29.8 Å². The maximum atomic E-state index is 12.2. The molecule has 0 unspecified atom stereocenters. The first-order valence-corrected chi connectivity index (χ1v) is 8.28. The summed E-state index contributed by atoms with van der Waals surface area (Å²) in [6.45, 7) is 0.290. The van der Waals surface area contributed by atoms with Gasteiger partial charge >= 0.3 is 0 Å². The van der Waals surface area contributed by atoms with Crippen molar-refractivity contribution in [2.45, 2.75) is 18.1 Å². The van der Waals surface area contributed by atoms with Gasteiger partial charge in [0.2, 0.25) is 0 Å². The van der Waals surface area contributed by atoms with E-state index in [1.165, 1.54) is 0 Å². The molecule has 20 heavy (non-hydrogen) atoms. The molecule has 0 aliphatic rings. The fourth-order valence-corrected chi connectivity index (χ4v) is 3.68. The van der Waals surface area contributed by atoms with Crippen LogP contribution in [0.5, 0.6) is 0 Å². The highest BCUT2D eigenvalue weighted by molar-refractivity contribution is 7.89. The molecule has 0 spiro atoms. The first kappa shape index (κ1) is 15.0. The summed E-state index contributed by atoms with van der Waals surface area (Å²) in [4.78, 5) is 4.05. The topological polar surface area (TPSA) is 73.1 Å². The summed E-state index contributed by atoms with van der Waals surface area (Å²) in [5.41, 5.74) is 7.47. The van der Waals surface area contributed by atoms with Gasteiger partial charge in [-0.15, -0.1) is 0 Å². The van der Waals surface area contributed by atoms with Crippen LogP contribution in [0.1, 0.15) is 16.8 Å². The lowest BCUT2D eigenvalue weighted by Crippen LogP contribution is -2.09. The molecule has 0 bridgehead atoms. The molecule has 4 nitrogen and oxygen atoms in total. The quantitative estimate of drug-likeness (QED) is 0.919. The zero-order valence-corrected chi connectivity index (χ0v) is 12.4. The van der Waals surface area contributed by atoms with Crippen molar-refractivity contribution in [3.05, 3.63) is 64.4 Å². The molecule has 1 aromatic heterocycles. The molecule has 6 heteroatoms. The Morgan fingerprint density at radius 1 is 1.15 bits per heavy atom. The summed E-state index contributed by atoms with van der Waals surface area (Å²) < 4.78 is 24.4. The van der Waals surface area contributed by atoms with Gasteiger partial charge in [0.15, 0.2) is 9.84 Å². The van der Waals surface area contributed by atoms with Crippen LogP contribution in [0.25, 0.3) is 0 Å². The summed E-state index contributed by atoms with van der Waals surface area (Å²) in [7, 11) is -3.29. The van der Waals surface area contributed by atoms with Gasteiger partial charge in [-0.3, -0.25) is 4.98 Å². The lowest BCUT2D eigenvalue weighted by molar-refractivity contribution is 0.594. The Morgan fingerprint density at radius 2 is 1.90 bits per heavy atom. The molecule has 2 rings (SSSR count). The Labute approximate surface area is 123 Å². The zero-order valence-electron chi connectivity index (χ0n) is 10.8. The van der Waals surface area contributed by atoms with Crippen LogP contribution >= 0.6 is 11.6 Å². The van der Waals surface area contributed by atoms with Crippen molar-refractivity contribution in [2.24, 2.45) is 5.73 Å². The molecule has 106 valence electrons. The van der Waals surface area contributed by atoms with Crippen molar-refractivity contribution < 1.29 is 8.42 Å². The Hall–Kier alpha value is -1.43. The lowest BCUT2D eigenvalue weighted by atomic mass is 10.2. The standard InChI is InChI=1S/C14H15ClN2O2S/c15-14-4-2-1-3-12(14)10-20(18,19)9-11-5-6-17-13(7-11)8-16/h1-7H,8-10,16H2. The number of hydrogen-bond acceptors (Lipinski definition) is 4. The summed E-state index contributed by atoms with van der Waals surface area (Å²) in [5.74, 6) is -0.124. The Kier molecular flexibility index (Phi) is 4.75. The van der Waals surface area contributed by atoms with Crippen LogP contribution in [0.15, 0.2) is 42.6 Å². The van der Waals surface area contributed by atoms with Crippen molar-refractivity contribution in [3.8, 4) is 0 Å². The number of pyridine rings is 1. The van der Waals surface area contributed by atoms with Crippen molar-refractivity contribution >= 4 is 21.4 Å². The predicted octanol–water partition coefficient (Wildman–Crippen LogP) is 2.31. The molecule has 0 radical (unpaired) electrons. The lowest BCUT2D eigenvalue weighted by Gasteiger charge is -2.07. The third-order valence-electron chi connectivity index (χ3n) is 2.81. The van der Waals surface area contributed by atoms with Crippen LogP contribution in [0.2, 0.25) is 5.02 Å². The van der Waals surface area contributed by atoms with Gasteiger partial charge < -0.3 is 5.73 Å². The largest absolute Gasteiger partial charge is 0.325 e. The Morgan fingerprint density at radius 3 is 2.60 bits per heavy atom. The van der Waals surface area contributed by atoms with Crippen LogP contribution in [0.4, 0.5) is 0 Å². The number of halogens is 1. The average Bonchev–Trinajstić information content (AvgIpc) is 2.41. The maximum Gasteiger partial charge on any atom is 0.158 e. The Bertz CT molecular complexity index is 702. The van der Waals surface area contributed by atoms with E-state index in [0.717, 1.165) is 0 Å². The number of sulfone groups is 1. The molecular weight excluding hydrogens is 296 g/mol. The van der Waals surface area contributed by atoms with Gasteiger partial charge in [-0.05, 0) is 29.3 Å². The van der Waals surface area contributed by atoms with Gasteiger partial charge in [0, 0.05) is 17.8 Å². The fraction of sp³-hybridized carbons (Fsp3) is 0.214. The van der Waals surface area contributed by atoms with Crippen LogP contribution in [0, 0.1) is 0 Å². The van der Waals surface area contributed by atoms with Crippen LogP contribution in [-0.2, 0) is 27.9 Å². The van der Waals surface area contributed by atoms with Gasteiger partial charge in [-0.25, -0.2) is 8.42 Å². The van der Waals surface area contributed by atoms with E-state index in [-0.39, 0.29) is 11.5 Å². The van der Waals surface area contributed by atoms with E-state index in [4.69, 9.17) is 17.3 Å². The molecule has 0 amide bonds. The second-order valence-corrected chi connectivity index (χ2v) is 6.95. The van der Waals surface area contributed by atoms with Crippen molar-refractivity contribution in [2.75, 3.05) is 0 Å². The molecule has 1 aromatic carbocycles. The summed E-state index contributed by atoms with van der Waals surface area (Å²) in [6, 6.07) is 10.3. The molecular formula is C14H15ClN2O2S. The SMILES string of the molecule is NCc1cc(CS(=O)(=O)Cc2ccccc2Cl)ccn1. The van der Waals surface area contributed by atoms with E-state index in [1.54, 1.807) is 42.6 Å². The monoisotopic (exact) mass is 310 g/mol. The first-order chi connectivity index (χ1) is 9.50. The molecule has 2 N–H and O–H groups in total. The van der Waals surface area contributed by atoms with E-state index in [9.17, 15) is 8.42 Å². The number of benzene rings is 1. The number of hydrogen-bond donors (Lipinski definition) is 1. The van der Waals surface area contributed by atoms with Crippen molar-refractivity contribution in [3.63, 3.8) is 0 Å². The Balaban J connectivity index is 2.17. The molecule has 0 aliphatic heterocycles. The molecule has 0 fully saturated rings. The molecule has 1 heterocycles. The third-order valence-corrected chi connectivity index (χ3v) is 4.70. The summed E-state index contributed by atoms with van der Waals surface area (Å²) >= 11 is 5.99. The molecule has 0 atom stereocenters. The predicted molar refractivity (Wildman–Crippen MR) is 79.9 cm³/mol. The van der Waals surface area contributed by atoms with Gasteiger partial charge in [0.05, 0.1) is 17.2 Å². The zero-order chi connectivity index (χ0) is 14.6. The number of rotatable bonds is 5. The second-order valence-electron chi connectivity index (χ2n) is 4.48. The fourth-order valence-electron chi connectivity index (χ4n) is 1.89. The van der Waals surface area contributed by atoms with Crippen molar-refractivity contribution in [1.82, 2.24) is 4.98 Å². The highest BCUT2D eigenvalue weighted by Gasteiger charge is 2.15. The van der Waals surface area contributed by atoms with E-state index in [2.05, 4.69) is 4.98 Å². The minimum atomic E-state index is -3.29. The molecule has 0 aliphatic carbocycles. The molecule has 0 saturated heterocycles. The van der Waals surface area contributed by atoms with Crippen molar-refractivity contribution in [1.29, 1.82) is 0 Å².